The van der Waals surface area contributed by atoms with E-state index in [0.717, 1.165) is 48.9 Å². The highest BCUT2D eigenvalue weighted by Crippen LogP contribution is 2.41. The van der Waals surface area contributed by atoms with Crippen LogP contribution in [0.25, 0.3) is 0 Å². The van der Waals surface area contributed by atoms with Crippen LogP contribution < -0.4 is 10.6 Å². The number of hydrogen-bond acceptors (Lipinski definition) is 3. The third-order valence-corrected chi connectivity index (χ3v) is 5.69. The fraction of sp³-hybridized carbons (Fsp3) is 0.692. The zero-order chi connectivity index (χ0) is 23.8. The summed E-state index contributed by atoms with van der Waals surface area (Å²) in [6.45, 7) is 17.6. The van der Waals surface area contributed by atoms with Crippen LogP contribution in [-0.2, 0) is 20.4 Å². The Hall–Kier alpha value is -2.04. The van der Waals surface area contributed by atoms with E-state index in [4.69, 9.17) is 0 Å². The summed E-state index contributed by atoms with van der Waals surface area (Å²) < 4.78 is 0. The van der Waals surface area contributed by atoms with Crippen molar-refractivity contribution in [1.82, 2.24) is 10.6 Å². The first-order valence-electron chi connectivity index (χ1n) is 11.7. The number of carbonyl (C=O) groups excluding carboxylic acids is 2. The summed E-state index contributed by atoms with van der Waals surface area (Å²) in [5.74, 6) is 0.166. The van der Waals surface area contributed by atoms with Crippen LogP contribution >= 0.6 is 0 Å². The van der Waals surface area contributed by atoms with Crippen molar-refractivity contribution in [3.05, 3.63) is 28.8 Å². The number of nitrogens with one attached hydrogen (secondary N) is 2. The van der Waals surface area contributed by atoms with Crippen molar-refractivity contribution in [3.63, 3.8) is 0 Å². The van der Waals surface area contributed by atoms with Crippen LogP contribution in [0, 0.1) is 0 Å². The zero-order valence-corrected chi connectivity index (χ0v) is 20.9. The number of phenolic OH excluding ortho intramolecular Hbond substituents is 1. The molecule has 5 nitrogen and oxygen atoms in total. The number of amides is 2. The Morgan fingerprint density at radius 2 is 1.32 bits per heavy atom. The van der Waals surface area contributed by atoms with Gasteiger partial charge in [0.1, 0.15) is 5.75 Å². The number of phenols is 1. The number of unbranched alkanes of at least 4 members (excludes halogenated alkanes) is 3. The molecule has 0 aromatic heterocycles. The topological polar surface area (TPSA) is 78.4 Å². The molecule has 5 heteroatoms. The molecule has 1 atom stereocenters. The van der Waals surface area contributed by atoms with Crippen molar-refractivity contribution in [2.75, 3.05) is 13.1 Å². The molecule has 1 rings (SSSR count). The Bertz CT molecular complexity index is 707. The molecule has 3 N–H and O–H groups in total. The average Bonchev–Trinajstić information content (AvgIpc) is 2.67. The summed E-state index contributed by atoms with van der Waals surface area (Å²) in [6.07, 6.45) is 4.49. The largest absolute Gasteiger partial charge is 0.507 e. The van der Waals surface area contributed by atoms with E-state index >= 15 is 0 Å². The van der Waals surface area contributed by atoms with Crippen LogP contribution in [0.1, 0.15) is 110 Å². The van der Waals surface area contributed by atoms with Crippen molar-refractivity contribution in [3.8, 4) is 5.75 Å². The van der Waals surface area contributed by atoms with Crippen LogP contribution in [0.3, 0.4) is 0 Å². The molecule has 0 aliphatic carbocycles. The highest BCUT2D eigenvalue weighted by molar-refractivity contribution is 5.83. The highest BCUT2D eigenvalue weighted by Gasteiger charge is 2.28. The Labute approximate surface area is 189 Å². The minimum atomic E-state index is -0.285. The van der Waals surface area contributed by atoms with E-state index in [1.54, 1.807) is 0 Å². The van der Waals surface area contributed by atoms with E-state index in [0.29, 0.717) is 18.7 Å². The monoisotopic (exact) mass is 432 g/mol. The highest BCUT2D eigenvalue weighted by atomic mass is 16.3. The van der Waals surface area contributed by atoms with Gasteiger partial charge in [-0.2, -0.15) is 0 Å². The third kappa shape index (κ3) is 8.54. The molecule has 0 spiro atoms. The molecule has 0 saturated heterocycles. The predicted molar refractivity (Wildman–Crippen MR) is 129 cm³/mol. The van der Waals surface area contributed by atoms with Crippen molar-refractivity contribution >= 4 is 11.8 Å². The van der Waals surface area contributed by atoms with E-state index in [2.05, 4.69) is 52.2 Å². The fourth-order valence-corrected chi connectivity index (χ4v) is 3.52. The standard InChI is InChI=1S/C26H44N2O3/c1-9-22(29)27-14-12-10-11-13-15-28-24(31)18(2)19-16-20(25(3,4)5)23(30)21(17-19)26(6,7)8/h16-18,30H,9-15H2,1-8H3,(H,27,29)(H,28,31). The Morgan fingerprint density at radius 3 is 1.74 bits per heavy atom. The summed E-state index contributed by atoms with van der Waals surface area (Å²) in [6, 6.07) is 3.97. The van der Waals surface area contributed by atoms with Gasteiger partial charge in [0.2, 0.25) is 11.8 Å². The summed E-state index contributed by atoms with van der Waals surface area (Å²) in [5.41, 5.74) is 2.27. The van der Waals surface area contributed by atoms with Gasteiger partial charge in [0.05, 0.1) is 5.92 Å². The molecule has 0 heterocycles. The lowest BCUT2D eigenvalue weighted by Crippen LogP contribution is -2.29. The SMILES string of the molecule is CCC(=O)NCCCCCCNC(=O)C(C)c1cc(C(C)(C)C)c(O)c(C(C)(C)C)c1. The minimum Gasteiger partial charge on any atom is -0.507 e. The first-order valence-corrected chi connectivity index (χ1v) is 11.7. The quantitative estimate of drug-likeness (QED) is 0.439. The van der Waals surface area contributed by atoms with E-state index in [-0.39, 0.29) is 28.6 Å². The number of carbonyl (C=O) groups is 2. The van der Waals surface area contributed by atoms with Crippen molar-refractivity contribution in [1.29, 1.82) is 0 Å². The van der Waals surface area contributed by atoms with Crippen LogP contribution in [0.4, 0.5) is 0 Å². The number of benzene rings is 1. The summed E-state index contributed by atoms with van der Waals surface area (Å²) >= 11 is 0. The second kappa shape index (κ2) is 11.5. The van der Waals surface area contributed by atoms with Gasteiger partial charge in [-0.3, -0.25) is 9.59 Å². The normalized spacial score (nSPS) is 13.0. The maximum absolute atomic E-state index is 12.8. The maximum atomic E-state index is 12.8. The molecular weight excluding hydrogens is 388 g/mol. The van der Waals surface area contributed by atoms with Gasteiger partial charge in [-0.1, -0.05) is 73.4 Å². The Kier molecular flexibility index (Phi) is 10.1. The predicted octanol–water partition coefficient (Wildman–Crippen LogP) is 5.29. The zero-order valence-electron chi connectivity index (χ0n) is 20.9. The molecule has 176 valence electrons. The van der Waals surface area contributed by atoms with Crippen LogP contribution in [0.15, 0.2) is 12.1 Å². The van der Waals surface area contributed by atoms with Gasteiger partial charge in [-0.25, -0.2) is 0 Å². The number of hydrogen-bond donors (Lipinski definition) is 3. The van der Waals surface area contributed by atoms with Gasteiger partial charge in [0.25, 0.3) is 0 Å². The van der Waals surface area contributed by atoms with Crippen molar-refractivity contribution in [2.24, 2.45) is 0 Å². The van der Waals surface area contributed by atoms with E-state index in [1.807, 2.05) is 26.0 Å². The molecule has 0 aliphatic rings. The fourth-order valence-electron chi connectivity index (χ4n) is 3.52. The van der Waals surface area contributed by atoms with Crippen molar-refractivity contribution < 1.29 is 14.7 Å². The molecule has 1 unspecified atom stereocenters. The average molecular weight is 433 g/mol. The van der Waals surface area contributed by atoms with E-state index in [9.17, 15) is 14.7 Å². The van der Waals surface area contributed by atoms with Gasteiger partial charge < -0.3 is 15.7 Å². The second-order valence-corrected chi connectivity index (χ2v) is 10.6. The van der Waals surface area contributed by atoms with Crippen LogP contribution in [-0.4, -0.2) is 30.0 Å². The molecule has 31 heavy (non-hydrogen) atoms. The first-order chi connectivity index (χ1) is 14.3. The van der Waals surface area contributed by atoms with E-state index < -0.39 is 0 Å². The molecule has 2 amide bonds. The molecule has 0 fully saturated rings. The number of rotatable bonds is 10. The Balaban J connectivity index is 2.68. The number of aromatic hydroxyl groups is 1. The van der Waals surface area contributed by atoms with Gasteiger partial charge in [0.15, 0.2) is 0 Å². The maximum Gasteiger partial charge on any atom is 0.227 e. The molecular formula is C26H44N2O3. The molecule has 0 aliphatic heterocycles. The molecule has 1 aromatic carbocycles. The lowest BCUT2D eigenvalue weighted by molar-refractivity contribution is -0.122. The van der Waals surface area contributed by atoms with Gasteiger partial charge in [-0.15, -0.1) is 0 Å². The minimum absolute atomic E-state index is 0.0145. The first kappa shape index (κ1) is 27.0. The van der Waals surface area contributed by atoms with Crippen molar-refractivity contribution in [2.45, 2.75) is 104 Å². The van der Waals surface area contributed by atoms with Crippen LogP contribution in [0.5, 0.6) is 5.75 Å². The van der Waals surface area contributed by atoms with Gasteiger partial charge in [-0.05, 0) is 47.3 Å². The third-order valence-electron chi connectivity index (χ3n) is 5.69. The summed E-state index contributed by atoms with van der Waals surface area (Å²) in [5, 5.41) is 16.8. The van der Waals surface area contributed by atoms with Gasteiger partial charge in [0, 0.05) is 19.5 Å². The van der Waals surface area contributed by atoms with E-state index in [1.165, 1.54) is 0 Å². The smallest absolute Gasteiger partial charge is 0.227 e. The lowest BCUT2D eigenvalue weighted by atomic mass is 9.77. The molecule has 0 saturated carbocycles. The molecule has 0 bridgehead atoms. The lowest BCUT2D eigenvalue weighted by Gasteiger charge is -2.29. The Morgan fingerprint density at radius 1 is 0.871 bits per heavy atom. The van der Waals surface area contributed by atoms with Gasteiger partial charge >= 0.3 is 0 Å². The van der Waals surface area contributed by atoms with Crippen LogP contribution in [0.2, 0.25) is 0 Å². The molecule has 0 radical (unpaired) electrons. The second-order valence-electron chi connectivity index (χ2n) is 10.6. The summed E-state index contributed by atoms with van der Waals surface area (Å²) in [7, 11) is 0. The molecule has 1 aromatic rings. The summed E-state index contributed by atoms with van der Waals surface area (Å²) in [4.78, 5) is 24.0.